The summed E-state index contributed by atoms with van der Waals surface area (Å²) in [5, 5.41) is 3.86. The van der Waals surface area contributed by atoms with E-state index in [4.69, 9.17) is 23.2 Å². The maximum absolute atomic E-state index is 12.5. The number of anilines is 2. The summed E-state index contributed by atoms with van der Waals surface area (Å²) < 4.78 is 0. The maximum atomic E-state index is 12.5. The third kappa shape index (κ3) is 2.92. The SMILES string of the molecule is C[C@@H](C(=O)Nc1ccc(Cl)cc1Cl)N1CCc2ccccc21. The van der Waals surface area contributed by atoms with Crippen molar-refractivity contribution in [2.24, 2.45) is 0 Å². The summed E-state index contributed by atoms with van der Waals surface area (Å²) >= 11 is 12.0. The van der Waals surface area contributed by atoms with Crippen LogP contribution in [-0.2, 0) is 11.2 Å². The lowest BCUT2D eigenvalue weighted by atomic mass is 10.1. The number of rotatable bonds is 3. The molecule has 0 unspecified atom stereocenters. The molecule has 0 saturated heterocycles. The summed E-state index contributed by atoms with van der Waals surface area (Å²) in [7, 11) is 0. The fourth-order valence-corrected chi connectivity index (χ4v) is 3.19. The molecule has 3 rings (SSSR count). The monoisotopic (exact) mass is 334 g/mol. The smallest absolute Gasteiger partial charge is 0.246 e. The number of amides is 1. The highest BCUT2D eigenvalue weighted by atomic mass is 35.5. The molecule has 5 heteroatoms. The number of hydrogen-bond acceptors (Lipinski definition) is 2. The van der Waals surface area contributed by atoms with Crippen molar-refractivity contribution in [3.8, 4) is 0 Å². The van der Waals surface area contributed by atoms with Gasteiger partial charge in [-0.1, -0.05) is 41.4 Å². The third-order valence-electron chi connectivity index (χ3n) is 3.96. The molecule has 0 radical (unpaired) electrons. The molecular weight excluding hydrogens is 319 g/mol. The van der Waals surface area contributed by atoms with Crippen molar-refractivity contribution in [3.63, 3.8) is 0 Å². The average molecular weight is 335 g/mol. The highest BCUT2D eigenvalue weighted by Crippen LogP contribution is 2.30. The van der Waals surface area contributed by atoms with Gasteiger partial charge in [0.25, 0.3) is 0 Å². The number of benzene rings is 2. The van der Waals surface area contributed by atoms with E-state index in [1.54, 1.807) is 18.2 Å². The van der Waals surface area contributed by atoms with Gasteiger partial charge in [0.15, 0.2) is 0 Å². The zero-order chi connectivity index (χ0) is 15.7. The first-order valence-electron chi connectivity index (χ1n) is 7.17. The summed E-state index contributed by atoms with van der Waals surface area (Å²) in [6.07, 6.45) is 0.968. The number of nitrogens with zero attached hydrogens (tertiary/aromatic N) is 1. The predicted octanol–water partition coefficient (Wildman–Crippen LogP) is 4.38. The van der Waals surface area contributed by atoms with E-state index in [0.29, 0.717) is 15.7 Å². The van der Waals surface area contributed by atoms with Crippen LogP contribution in [0.1, 0.15) is 12.5 Å². The topological polar surface area (TPSA) is 32.3 Å². The van der Waals surface area contributed by atoms with E-state index in [1.165, 1.54) is 5.56 Å². The van der Waals surface area contributed by atoms with E-state index in [-0.39, 0.29) is 11.9 Å². The molecule has 0 fully saturated rings. The Morgan fingerprint density at radius 3 is 2.77 bits per heavy atom. The van der Waals surface area contributed by atoms with Crippen molar-refractivity contribution in [2.45, 2.75) is 19.4 Å². The second-order valence-corrected chi connectivity index (χ2v) is 6.21. The molecule has 1 atom stereocenters. The standard InChI is InChI=1S/C17H16Cl2N2O/c1-11(21-9-8-12-4-2-3-5-16(12)21)17(22)20-15-7-6-13(18)10-14(15)19/h2-7,10-11H,8-9H2,1H3,(H,20,22)/t11-/m0/s1. The molecule has 1 amide bonds. The minimum absolute atomic E-state index is 0.0825. The van der Waals surface area contributed by atoms with Crippen molar-refractivity contribution >= 4 is 40.5 Å². The van der Waals surface area contributed by atoms with Gasteiger partial charge in [0, 0.05) is 17.3 Å². The molecule has 0 spiro atoms. The summed E-state index contributed by atoms with van der Waals surface area (Å²) in [5.41, 5.74) is 2.99. The molecule has 3 nitrogen and oxygen atoms in total. The van der Waals surface area contributed by atoms with Crippen LogP contribution in [0, 0.1) is 0 Å². The molecular formula is C17H16Cl2N2O. The van der Waals surface area contributed by atoms with Crippen LogP contribution in [0.5, 0.6) is 0 Å². The minimum atomic E-state index is -0.268. The summed E-state index contributed by atoms with van der Waals surface area (Å²) in [5.74, 6) is -0.0825. The van der Waals surface area contributed by atoms with Crippen LogP contribution in [0.25, 0.3) is 0 Å². The molecule has 0 bridgehead atoms. The van der Waals surface area contributed by atoms with Crippen LogP contribution in [0.2, 0.25) is 10.0 Å². The first-order valence-corrected chi connectivity index (χ1v) is 7.92. The first-order chi connectivity index (χ1) is 10.6. The van der Waals surface area contributed by atoms with Crippen molar-refractivity contribution in [1.82, 2.24) is 0 Å². The lowest BCUT2D eigenvalue weighted by molar-refractivity contribution is -0.117. The quantitative estimate of drug-likeness (QED) is 0.903. The lowest BCUT2D eigenvalue weighted by Crippen LogP contribution is -2.41. The average Bonchev–Trinajstić information content (AvgIpc) is 2.93. The Bertz CT molecular complexity index is 718. The zero-order valence-corrected chi connectivity index (χ0v) is 13.7. The van der Waals surface area contributed by atoms with Crippen LogP contribution in [0.15, 0.2) is 42.5 Å². The molecule has 1 aliphatic heterocycles. The molecule has 22 heavy (non-hydrogen) atoms. The number of para-hydroxylation sites is 1. The summed E-state index contributed by atoms with van der Waals surface area (Å²) in [4.78, 5) is 14.6. The van der Waals surface area contributed by atoms with E-state index in [9.17, 15) is 4.79 Å². The van der Waals surface area contributed by atoms with Crippen molar-refractivity contribution < 1.29 is 4.79 Å². The number of carbonyl (C=O) groups is 1. The zero-order valence-electron chi connectivity index (χ0n) is 12.1. The normalized spacial score (nSPS) is 14.6. The number of fused-ring (bicyclic) bond motifs is 1. The predicted molar refractivity (Wildman–Crippen MR) is 92.0 cm³/mol. The second kappa shape index (κ2) is 6.19. The van der Waals surface area contributed by atoms with Crippen molar-refractivity contribution in [3.05, 3.63) is 58.1 Å². The number of halogens is 2. The van der Waals surface area contributed by atoms with E-state index in [2.05, 4.69) is 22.3 Å². The Morgan fingerprint density at radius 2 is 2.00 bits per heavy atom. The molecule has 114 valence electrons. The van der Waals surface area contributed by atoms with Gasteiger partial charge in [0.1, 0.15) is 6.04 Å². The number of carbonyl (C=O) groups excluding carboxylic acids is 1. The Hall–Kier alpha value is -1.71. The van der Waals surface area contributed by atoms with Crippen molar-refractivity contribution in [1.29, 1.82) is 0 Å². The highest BCUT2D eigenvalue weighted by molar-refractivity contribution is 6.36. The van der Waals surface area contributed by atoms with Gasteiger partial charge in [0.2, 0.25) is 5.91 Å². The largest absolute Gasteiger partial charge is 0.359 e. The van der Waals surface area contributed by atoms with Crippen LogP contribution in [-0.4, -0.2) is 18.5 Å². The van der Waals surface area contributed by atoms with Crippen LogP contribution < -0.4 is 10.2 Å². The Kier molecular flexibility index (Phi) is 4.27. The summed E-state index contributed by atoms with van der Waals surface area (Å²) in [6, 6.07) is 13.0. The highest BCUT2D eigenvalue weighted by Gasteiger charge is 2.27. The Labute approximate surface area is 139 Å². The fraction of sp³-hybridized carbons (Fsp3) is 0.235. The first kappa shape index (κ1) is 15.2. The van der Waals surface area contributed by atoms with Gasteiger partial charge in [-0.25, -0.2) is 0 Å². The molecule has 1 N–H and O–H groups in total. The van der Waals surface area contributed by atoms with Crippen LogP contribution in [0.3, 0.4) is 0 Å². The van der Waals surface area contributed by atoms with Gasteiger partial charge in [-0.05, 0) is 43.2 Å². The van der Waals surface area contributed by atoms with Gasteiger partial charge >= 0.3 is 0 Å². The Morgan fingerprint density at radius 1 is 1.23 bits per heavy atom. The van der Waals surface area contributed by atoms with Gasteiger partial charge in [-0.3, -0.25) is 4.79 Å². The van der Waals surface area contributed by atoms with E-state index < -0.39 is 0 Å². The lowest BCUT2D eigenvalue weighted by Gasteiger charge is -2.26. The van der Waals surface area contributed by atoms with Crippen LogP contribution >= 0.6 is 23.2 Å². The van der Waals surface area contributed by atoms with Gasteiger partial charge in [-0.2, -0.15) is 0 Å². The van der Waals surface area contributed by atoms with Gasteiger partial charge in [0.05, 0.1) is 10.7 Å². The maximum Gasteiger partial charge on any atom is 0.246 e. The Balaban J connectivity index is 1.76. The number of nitrogens with one attached hydrogen (secondary N) is 1. The second-order valence-electron chi connectivity index (χ2n) is 5.36. The third-order valence-corrected chi connectivity index (χ3v) is 4.51. The van der Waals surface area contributed by atoms with Gasteiger partial charge < -0.3 is 10.2 Å². The molecule has 2 aromatic rings. The molecule has 2 aromatic carbocycles. The number of hydrogen-bond donors (Lipinski definition) is 1. The molecule has 1 heterocycles. The van der Waals surface area contributed by atoms with Crippen molar-refractivity contribution in [2.75, 3.05) is 16.8 Å². The van der Waals surface area contributed by atoms with E-state index in [1.807, 2.05) is 19.1 Å². The molecule has 0 saturated carbocycles. The van der Waals surface area contributed by atoms with E-state index >= 15 is 0 Å². The fourth-order valence-electron chi connectivity index (χ4n) is 2.74. The van der Waals surface area contributed by atoms with Crippen LogP contribution in [0.4, 0.5) is 11.4 Å². The molecule has 0 aliphatic carbocycles. The minimum Gasteiger partial charge on any atom is -0.359 e. The molecule has 1 aliphatic rings. The van der Waals surface area contributed by atoms with Gasteiger partial charge in [-0.15, -0.1) is 0 Å². The summed E-state index contributed by atoms with van der Waals surface area (Å²) in [6.45, 7) is 2.75. The van der Waals surface area contributed by atoms with E-state index in [0.717, 1.165) is 18.7 Å². The molecule has 0 aromatic heterocycles.